The second-order valence-corrected chi connectivity index (χ2v) is 5.60. The van der Waals surface area contributed by atoms with Gasteiger partial charge in [0.05, 0.1) is 11.8 Å². The average molecular weight is 280 g/mol. The number of rotatable bonds is 3. The molecule has 19 heavy (non-hydrogen) atoms. The Balaban J connectivity index is 2.81. The van der Waals surface area contributed by atoms with Crippen molar-refractivity contribution in [3.05, 3.63) is 35.9 Å². The molecule has 6 nitrogen and oxygen atoms in total. The number of hydrogen-bond donors (Lipinski definition) is 3. The van der Waals surface area contributed by atoms with E-state index in [4.69, 9.17) is 15.3 Å². The molecule has 7 heteroatoms. The molecule has 0 unspecified atom stereocenters. The van der Waals surface area contributed by atoms with E-state index in [0.29, 0.717) is 10.8 Å². The van der Waals surface area contributed by atoms with E-state index in [1.54, 1.807) is 24.3 Å². The van der Waals surface area contributed by atoms with Gasteiger partial charge in [-0.05, 0) is 16.8 Å². The normalized spacial score (nSPS) is 11.4. The summed E-state index contributed by atoms with van der Waals surface area (Å²) >= 11 is 0. The molecule has 0 aliphatic carbocycles. The van der Waals surface area contributed by atoms with Crippen LogP contribution in [0.25, 0.3) is 10.8 Å². The van der Waals surface area contributed by atoms with Gasteiger partial charge in [0, 0.05) is 0 Å². The lowest BCUT2D eigenvalue weighted by Crippen LogP contribution is -2.13. The maximum absolute atomic E-state index is 11.2. The number of nitrogens with two attached hydrogens (primary N) is 1. The maximum atomic E-state index is 11.2. The van der Waals surface area contributed by atoms with E-state index in [0.717, 1.165) is 6.26 Å². The molecule has 0 saturated heterocycles. The van der Waals surface area contributed by atoms with Crippen molar-refractivity contribution >= 4 is 26.7 Å². The van der Waals surface area contributed by atoms with E-state index in [1.165, 1.54) is 6.07 Å². The summed E-state index contributed by atoms with van der Waals surface area (Å²) in [6.45, 7) is 0. The third-order valence-corrected chi connectivity index (χ3v) is 2.98. The van der Waals surface area contributed by atoms with Gasteiger partial charge in [0.25, 0.3) is 0 Å². The Morgan fingerprint density at radius 3 is 2.58 bits per heavy atom. The largest absolute Gasteiger partial charge is 0.504 e. The second kappa shape index (κ2) is 4.43. The zero-order valence-electron chi connectivity index (χ0n) is 10.0. The minimum atomic E-state index is -3.78. The molecule has 0 saturated carbocycles. The predicted molar refractivity (Wildman–Crippen MR) is 72.1 cm³/mol. The number of aromatic hydroxyl groups is 1. The molecule has 0 aromatic heterocycles. The third kappa shape index (κ3) is 2.60. The van der Waals surface area contributed by atoms with Crippen molar-refractivity contribution in [2.45, 2.75) is 0 Å². The van der Waals surface area contributed by atoms with Gasteiger partial charge in [0.15, 0.2) is 11.5 Å². The van der Waals surface area contributed by atoms with Gasteiger partial charge in [-0.15, -0.1) is 0 Å². The van der Waals surface area contributed by atoms with Gasteiger partial charge >= 0.3 is 10.1 Å². The van der Waals surface area contributed by atoms with Gasteiger partial charge in [-0.1, -0.05) is 24.3 Å². The molecule has 2 aromatic rings. The molecule has 0 amide bonds. The summed E-state index contributed by atoms with van der Waals surface area (Å²) in [5.74, 6) is -1.07. The molecule has 100 valence electrons. The SMILES string of the molecule is CS(=O)(=O)Oc1cc2ccccc2c(C(=N)N)c1O. The summed E-state index contributed by atoms with van der Waals surface area (Å²) in [5.41, 5.74) is 5.48. The standard InChI is InChI=1S/C12H12N2O4S/c1-19(16,17)18-9-6-7-4-2-3-5-8(7)10(11(9)15)12(13)14/h2-6,15H,1H3,(H3,13,14). The summed E-state index contributed by atoms with van der Waals surface area (Å²) in [7, 11) is -3.78. The van der Waals surface area contributed by atoms with Crippen LogP contribution in [0.3, 0.4) is 0 Å². The number of nitrogens with one attached hydrogen (secondary N) is 1. The molecule has 2 aromatic carbocycles. The smallest absolute Gasteiger partial charge is 0.306 e. The molecule has 0 fully saturated rings. The number of benzene rings is 2. The molecule has 0 aliphatic rings. The van der Waals surface area contributed by atoms with Crippen LogP contribution in [-0.2, 0) is 10.1 Å². The van der Waals surface area contributed by atoms with Crippen LogP contribution < -0.4 is 9.92 Å². The van der Waals surface area contributed by atoms with Crippen LogP contribution in [0.5, 0.6) is 11.5 Å². The van der Waals surface area contributed by atoms with Crippen LogP contribution in [0.15, 0.2) is 30.3 Å². The van der Waals surface area contributed by atoms with Crippen molar-refractivity contribution in [1.29, 1.82) is 5.41 Å². The lowest BCUT2D eigenvalue weighted by atomic mass is 10.0. The highest BCUT2D eigenvalue weighted by Gasteiger charge is 2.18. The van der Waals surface area contributed by atoms with Crippen LogP contribution >= 0.6 is 0 Å². The number of amidine groups is 1. The van der Waals surface area contributed by atoms with Crippen molar-refractivity contribution in [3.8, 4) is 11.5 Å². The highest BCUT2D eigenvalue weighted by Crippen LogP contribution is 2.36. The van der Waals surface area contributed by atoms with Crippen LogP contribution in [0.2, 0.25) is 0 Å². The molecule has 0 spiro atoms. The minimum Gasteiger partial charge on any atom is -0.504 e. The van der Waals surface area contributed by atoms with Gasteiger partial charge in [-0.2, -0.15) is 8.42 Å². The zero-order chi connectivity index (χ0) is 14.2. The molecule has 0 atom stereocenters. The van der Waals surface area contributed by atoms with Gasteiger partial charge in [0.1, 0.15) is 5.84 Å². The van der Waals surface area contributed by atoms with E-state index < -0.39 is 15.9 Å². The second-order valence-electron chi connectivity index (χ2n) is 4.02. The summed E-state index contributed by atoms with van der Waals surface area (Å²) < 4.78 is 27.0. The molecule has 4 N–H and O–H groups in total. The summed E-state index contributed by atoms with van der Waals surface area (Å²) in [6, 6.07) is 8.24. The van der Waals surface area contributed by atoms with E-state index >= 15 is 0 Å². The fourth-order valence-corrected chi connectivity index (χ4v) is 2.26. The monoisotopic (exact) mass is 280 g/mol. The van der Waals surface area contributed by atoms with E-state index in [-0.39, 0.29) is 17.1 Å². The minimum absolute atomic E-state index is 0.0525. The van der Waals surface area contributed by atoms with Gasteiger partial charge in [0.2, 0.25) is 0 Å². The van der Waals surface area contributed by atoms with Gasteiger partial charge < -0.3 is 15.0 Å². The fraction of sp³-hybridized carbons (Fsp3) is 0.0833. The quantitative estimate of drug-likeness (QED) is 0.443. The molecule has 0 radical (unpaired) electrons. The average Bonchev–Trinajstić information content (AvgIpc) is 2.27. The number of fused-ring (bicyclic) bond motifs is 1. The Morgan fingerprint density at radius 1 is 1.37 bits per heavy atom. The molecular weight excluding hydrogens is 268 g/mol. The number of phenolic OH excluding ortho intramolecular Hbond substituents is 1. The van der Waals surface area contributed by atoms with Crippen LogP contribution in [0.1, 0.15) is 5.56 Å². The molecule has 0 bridgehead atoms. The van der Waals surface area contributed by atoms with Crippen LogP contribution in [0, 0.1) is 5.41 Å². The van der Waals surface area contributed by atoms with Crippen molar-refractivity contribution in [2.75, 3.05) is 6.26 Å². The highest BCUT2D eigenvalue weighted by molar-refractivity contribution is 7.86. The number of hydrogen-bond acceptors (Lipinski definition) is 5. The first-order valence-electron chi connectivity index (χ1n) is 5.28. The number of phenols is 1. The van der Waals surface area contributed by atoms with E-state index in [2.05, 4.69) is 0 Å². The fourth-order valence-electron chi connectivity index (χ4n) is 1.81. The van der Waals surface area contributed by atoms with Crippen molar-refractivity contribution in [3.63, 3.8) is 0 Å². The molecule has 2 rings (SSSR count). The predicted octanol–water partition coefficient (Wildman–Crippen LogP) is 1.17. The highest BCUT2D eigenvalue weighted by atomic mass is 32.2. The summed E-state index contributed by atoms with van der Waals surface area (Å²) in [4.78, 5) is 0. The maximum Gasteiger partial charge on any atom is 0.306 e. The van der Waals surface area contributed by atoms with Crippen molar-refractivity contribution < 1.29 is 17.7 Å². The van der Waals surface area contributed by atoms with Gasteiger partial charge in [-0.3, -0.25) is 5.41 Å². The lowest BCUT2D eigenvalue weighted by Gasteiger charge is -2.12. The first kappa shape index (κ1) is 13.2. The first-order valence-corrected chi connectivity index (χ1v) is 7.10. The third-order valence-electron chi connectivity index (χ3n) is 2.50. The molecule has 0 aliphatic heterocycles. The van der Waals surface area contributed by atoms with Crippen LogP contribution in [0.4, 0.5) is 0 Å². The van der Waals surface area contributed by atoms with Crippen molar-refractivity contribution in [1.82, 2.24) is 0 Å². The van der Waals surface area contributed by atoms with E-state index in [1.807, 2.05) is 0 Å². The van der Waals surface area contributed by atoms with Gasteiger partial charge in [-0.25, -0.2) is 0 Å². The molecule has 0 heterocycles. The lowest BCUT2D eigenvalue weighted by molar-refractivity contribution is 0.430. The first-order chi connectivity index (χ1) is 8.79. The Hall–Kier alpha value is -2.28. The number of nitrogen functional groups attached to an aromatic ring is 1. The van der Waals surface area contributed by atoms with E-state index in [9.17, 15) is 13.5 Å². The summed E-state index contributed by atoms with van der Waals surface area (Å²) in [6.07, 6.45) is 0.870. The molecular formula is C12H12N2O4S. The van der Waals surface area contributed by atoms with Crippen molar-refractivity contribution in [2.24, 2.45) is 5.73 Å². The van der Waals surface area contributed by atoms with Crippen LogP contribution in [-0.4, -0.2) is 25.6 Å². The zero-order valence-corrected chi connectivity index (χ0v) is 10.9. The Labute approximate surface area is 110 Å². The Morgan fingerprint density at radius 2 is 2.00 bits per heavy atom. The Kier molecular flexibility index (Phi) is 3.07. The Bertz CT molecular complexity index is 769. The topological polar surface area (TPSA) is 113 Å². The summed E-state index contributed by atoms with van der Waals surface area (Å²) in [5, 5.41) is 18.7.